The molecule has 6 heterocycles. The van der Waals surface area contributed by atoms with Crippen LogP contribution >= 0.6 is 23.1 Å². The van der Waals surface area contributed by atoms with Gasteiger partial charge in [-0.3, -0.25) is 34.7 Å². The third-order valence-electron chi connectivity index (χ3n) is 13.1. The van der Waals surface area contributed by atoms with E-state index in [1.54, 1.807) is 39.0 Å². The Kier molecular flexibility index (Phi) is 12.4. The first-order chi connectivity index (χ1) is 30.4. The van der Waals surface area contributed by atoms with E-state index in [0.717, 1.165) is 82.9 Å². The molecule has 4 aliphatic heterocycles. The highest BCUT2D eigenvalue weighted by molar-refractivity contribution is 9.10. The van der Waals surface area contributed by atoms with Crippen LogP contribution in [0.1, 0.15) is 49.7 Å². The highest BCUT2D eigenvalue weighted by Gasteiger charge is 2.36. The maximum absolute atomic E-state index is 13.5. The Hall–Kier alpha value is -5.15. The molecule has 4 fully saturated rings. The molecule has 4 aliphatic rings. The van der Waals surface area contributed by atoms with Gasteiger partial charge in [-0.2, -0.15) is 4.98 Å². The van der Waals surface area contributed by atoms with E-state index < -0.39 is 7.14 Å². The summed E-state index contributed by atoms with van der Waals surface area (Å²) in [5, 5.41) is 9.83. The van der Waals surface area contributed by atoms with Gasteiger partial charge in [-0.25, -0.2) is 4.98 Å². The molecule has 0 atom stereocenters. The van der Waals surface area contributed by atoms with Crippen LogP contribution in [0.5, 0.6) is 5.75 Å². The molecule has 0 aliphatic carbocycles. The molecule has 0 bridgehead atoms. The minimum atomic E-state index is -2.77. The van der Waals surface area contributed by atoms with Crippen LogP contribution in [-0.4, -0.2) is 126 Å². The van der Waals surface area contributed by atoms with Crippen molar-refractivity contribution in [1.82, 2.24) is 35.1 Å². The average Bonchev–Trinajstić information content (AvgIpc) is 3.26. The second-order valence-electron chi connectivity index (χ2n) is 17.4. The zero-order valence-corrected chi connectivity index (χ0v) is 38.8. The molecule has 4 saturated heterocycles. The van der Waals surface area contributed by atoms with Crippen LogP contribution in [-0.2, 0) is 20.6 Å². The number of fused-ring (bicyclic) bond motifs is 1. The van der Waals surface area contributed by atoms with Crippen molar-refractivity contribution < 1.29 is 18.9 Å². The number of nitrogens with zero attached hydrogens (tertiary/aromatic N) is 8. The van der Waals surface area contributed by atoms with Crippen LogP contribution in [0.3, 0.4) is 0 Å². The molecule has 63 heavy (non-hydrogen) atoms. The van der Waals surface area contributed by atoms with Crippen molar-refractivity contribution in [2.45, 2.75) is 57.0 Å². The van der Waals surface area contributed by atoms with Crippen LogP contribution in [0.25, 0.3) is 11.0 Å². The third kappa shape index (κ3) is 9.27. The first-order valence-electron chi connectivity index (χ1n) is 21.9. The van der Waals surface area contributed by atoms with Crippen LogP contribution < -0.4 is 35.8 Å². The highest BCUT2D eigenvalue weighted by atomic mass is 79.9. The maximum atomic E-state index is 13.5. The number of rotatable bonds is 12. The zero-order valence-electron chi connectivity index (χ0n) is 36.3. The number of anilines is 6. The van der Waals surface area contributed by atoms with Gasteiger partial charge >= 0.3 is 0 Å². The van der Waals surface area contributed by atoms with Gasteiger partial charge in [-0.05, 0) is 90.0 Å². The van der Waals surface area contributed by atoms with Crippen molar-refractivity contribution in [3.05, 3.63) is 82.7 Å². The molecule has 330 valence electrons. The fourth-order valence-corrected chi connectivity index (χ4v) is 11.4. The Balaban J connectivity index is 0.788. The average molecular weight is 937 g/mol. The standard InChI is InChI=1S/C46H55BrN11O4P/c1-5-29-22-38(52-46-50-26-35(47)45(54-46)51-37-11-10-36-43(49-15-14-48-36)44(37)63(3,4)61)40(62-2)25-39(29)57-16-12-33(13-17-57)55-18-20-56(21-19-55)34-27-58(28-34)32-8-6-30(7-9-32)31-23-41(59)53-42(60)24-31/h6-11,14-15,22,25-26,31,33-34H,5,12-13,16-21,23-24,27-28H2,1-4H3,(H,53,59,60)(H2,50,51,52,54). The minimum Gasteiger partial charge on any atom is -0.494 e. The van der Waals surface area contributed by atoms with Crippen molar-refractivity contribution in [3.8, 4) is 5.75 Å². The monoisotopic (exact) mass is 935 g/mol. The molecule has 17 heteroatoms. The molecule has 15 nitrogen and oxygen atoms in total. The fraction of sp³-hybridized carbons (Fsp3) is 0.435. The van der Waals surface area contributed by atoms with Crippen LogP contribution in [0, 0.1) is 0 Å². The number of hydrogen-bond donors (Lipinski definition) is 3. The molecule has 2 aromatic heterocycles. The molecular weight excluding hydrogens is 881 g/mol. The highest BCUT2D eigenvalue weighted by Crippen LogP contribution is 2.42. The number of aromatic nitrogens is 4. The summed E-state index contributed by atoms with van der Waals surface area (Å²) in [6, 6.07) is 17.6. The van der Waals surface area contributed by atoms with E-state index in [9.17, 15) is 14.2 Å². The summed E-state index contributed by atoms with van der Waals surface area (Å²) in [7, 11) is -1.07. The summed E-state index contributed by atoms with van der Waals surface area (Å²) in [5.74, 6) is 1.22. The summed E-state index contributed by atoms with van der Waals surface area (Å²) in [4.78, 5) is 52.4. The van der Waals surface area contributed by atoms with Crippen molar-refractivity contribution in [2.24, 2.45) is 0 Å². The van der Waals surface area contributed by atoms with Gasteiger partial charge < -0.3 is 29.7 Å². The number of benzene rings is 3. The topological polar surface area (TPSA) is 161 Å². The normalized spacial score (nSPS) is 18.7. The number of carbonyl (C=O) groups excluding carboxylic acids is 2. The number of halogens is 1. The first kappa shape index (κ1) is 43.1. The Bertz CT molecular complexity index is 2540. The van der Waals surface area contributed by atoms with Gasteiger partial charge in [-0.15, -0.1) is 0 Å². The van der Waals surface area contributed by atoms with Gasteiger partial charge in [0.05, 0.1) is 33.8 Å². The molecular formula is C46H55BrN11O4P. The Morgan fingerprint density at radius 2 is 1.51 bits per heavy atom. The van der Waals surface area contributed by atoms with E-state index in [2.05, 4.69) is 110 Å². The Morgan fingerprint density at radius 3 is 2.17 bits per heavy atom. The van der Waals surface area contributed by atoms with E-state index in [4.69, 9.17) is 9.72 Å². The number of carbonyl (C=O) groups is 2. The number of ether oxygens (including phenoxy) is 1. The number of piperidine rings is 2. The number of imide groups is 1. The Labute approximate surface area is 376 Å². The number of hydrogen-bond acceptors (Lipinski definition) is 14. The fourth-order valence-electron chi connectivity index (χ4n) is 9.70. The van der Waals surface area contributed by atoms with E-state index in [1.807, 2.05) is 12.1 Å². The van der Waals surface area contributed by atoms with Crippen molar-refractivity contribution in [2.75, 3.05) is 93.2 Å². The molecule has 0 spiro atoms. The van der Waals surface area contributed by atoms with Gasteiger partial charge in [0.1, 0.15) is 24.2 Å². The van der Waals surface area contributed by atoms with Gasteiger partial charge in [0.15, 0.2) is 0 Å². The lowest BCUT2D eigenvalue weighted by Crippen LogP contribution is -2.64. The SMILES string of the molecule is CCc1cc(Nc2ncc(Br)c(Nc3ccc4nccnc4c3P(C)(C)=O)n2)c(OC)cc1N1CCC(N2CCN(C3CN(c4ccc(C5CC(=O)NC(=O)C5)cc4)C3)CC2)CC1. The molecule has 0 saturated carbocycles. The quantitative estimate of drug-likeness (QED) is 0.0921. The molecule has 3 N–H and O–H groups in total. The number of piperazine rings is 1. The largest absolute Gasteiger partial charge is 0.494 e. The number of methoxy groups -OCH3 is 1. The second kappa shape index (κ2) is 18.1. The summed E-state index contributed by atoms with van der Waals surface area (Å²) in [6.07, 6.45) is 8.78. The summed E-state index contributed by atoms with van der Waals surface area (Å²) < 4.78 is 20.1. The molecule has 0 radical (unpaired) electrons. The minimum absolute atomic E-state index is 0.0328. The van der Waals surface area contributed by atoms with Crippen LogP contribution in [0.2, 0.25) is 0 Å². The Morgan fingerprint density at radius 1 is 0.825 bits per heavy atom. The predicted octanol–water partition coefficient (Wildman–Crippen LogP) is 6.48. The lowest BCUT2D eigenvalue weighted by Gasteiger charge is -2.50. The van der Waals surface area contributed by atoms with Gasteiger partial charge in [0.25, 0.3) is 0 Å². The molecule has 2 amide bonds. The van der Waals surface area contributed by atoms with Crippen molar-refractivity contribution in [3.63, 3.8) is 0 Å². The van der Waals surface area contributed by atoms with Crippen LogP contribution in [0.15, 0.2) is 71.6 Å². The van der Waals surface area contributed by atoms with Crippen molar-refractivity contribution >= 4 is 85.7 Å². The van der Waals surface area contributed by atoms with Gasteiger partial charge in [0.2, 0.25) is 17.8 Å². The number of aryl methyl sites for hydroxylation is 1. The van der Waals surface area contributed by atoms with Gasteiger partial charge in [-0.1, -0.05) is 19.1 Å². The first-order valence-corrected chi connectivity index (χ1v) is 25.3. The lowest BCUT2D eigenvalue weighted by molar-refractivity contribution is -0.133. The number of amides is 2. The van der Waals surface area contributed by atoms with E-state index in [1.165, 1.54) is 16.9 Å². The smallest absolute Gasteiger partial charge is 0.229 e. The maximum Gasteiger partial charge on any atom is 0.229 e. The summed E-state index contributed by atoms with van der Waals surface area (Å²) >= 11 is 3.60. The molecule has 5 aromatic rings. The van der Waals surface area contributed by atoms with Gasteiger partial charge in [0, 0.05) is 119 Å². The van der Waals surface area contributed by atoms with Crippen LogP contribution in [0.4, 0.5) is 34.5 Å². The van der Waals surface area contributed by atoms with E-state index >= 15 is 0 Å². The number of nitrogens with one attached hydrogen (secondary N) is 3. The second-order valence-corrected chi connectivity index (χ2v) is 21.4. The lowest BCUT2D eigenvalue weighted by atomic mass is 9.89. The summed E-state index contributed by atoms with van der Waals surface area (Å²) in [6.45, 7) is 14.1. The zero-order chi connectivity index (χ0) is 43.8. The van der Waals surface area contributed by atoms with Crippen molar-refractivity contribution in [1.29, 1.82) is 0 Å². The molecule has 9 rings (SSSR count). The molecule has 3 aromatic carbocycles. The predicted molar refractivity (Wildman–Crippen MR) is 253 cm³/mol. The van der Waals surface area contributed by atoms with E-state index in [0.29, 0.717) is 68.9 Å². The third-order valence-corrected chi connectivity index (χ3v) is 15.2. The summed E-state index contributed by atoms with van der Waals surface area (Å²) in [5.41, 5.74) is 7.42. The molecule has 0 unspecified atom stereocenters. The van der Waals surface area contributed by atoms with E-state index in [-0.39, 0.29) is 17.7 Å².